The Balaban J connectivity index is 0.990. The van der Waals surface area contributed by atoms with E-state index in [9.17, 15) is 9.90 Å². The van der Waals surface area contributed by atoms with Crippen molar-refractivity contribution in [2.75, 3.05) is 13.1 Å². The van der Waals surface area contributed by atoms with Gasteiger partial charge in [-0.2, -0.15) is 0 Å². The largest absolute Gasteiger partial charge is 0.481 e. The number of benzene rings is 1. The first kappa shape index (κ1) is 31.4. The zero-order valence-electron chi connectivity index (χ0n) is 26.9. The quantitative estimate of drug-likeness (QED) is 0.0896. The first-order chi connectivity index (χ1) is 21.5. The average molecular weight is 600 g/mol. The molecule has 5 aliphatic rings. The van der Waals surface area contributed by atoms with Crippen LogP contribution in [-0.4, -0.2) is 46.8 Å². The van der Waals surface area contributed by atoms with Crippen LogP contribution in [0.2, 0.25) is 0 Å². The van der Waals surface area contributed by atoms with Gasteiger partial charge in [-0.3, -0.25) is 9.69 Å². The number of hydrogen-bond acceptors (Lipinski definition) is 5. The smallest absolute Gasteiger partial charge is 0.311 e. The third kappa shape index (κ3) is 6.11. The van der Waals surface area contributed by atoms with Gasteiger partial charge in [-0.1, -0.05) is 75.3 Å². The fourth-order valence-electron chi connectivity index (χ4n) is 8.52. The van der Waals surface area contributed by atoms with Crippen molar-refractivity contribution < 1.29 is 19.4 Å². The summed E-state index contributed by atoms with van der Waals surface area (Å²) in [4.78, 5) is 15.5. The second-order valence-corrected chi connectivity index (χ2v) is 14.0. The number of hydrogen-bond donors (Lipinski definition) is 1. The van der Waals surface area contributed by atoms with Crippen LogP contribution >= 0.6 is 0 Å². The molecule has 2 saturated carbocycles. The van der Waals surface area contributed by atoms with E-state index in [0.29, 0.717) is 17.9 Å². The van der Waals surface area contributed by atoms with Crippen LogP contribution in [0.5, 0.6) is 11.5 Å². The predicted molar refractivity (Wildman–Crippen MR) is 177 cm³/mol. The molecule has 2 bridgehead atoms. The highest BCUT2D eigenvalue weighted by Crippen LogP contribution is 2.66. The lowest BCUT2D eigenvalue weighted by Crippen LogP contribution is -2.75. The maximum atomic E-state index is 12.9. The van der Waals surface area contributed by atoms with Crippen LogP contribution in [0, 0.1) is 5.92 Å². The molecule has 6 rings (SSSR count). The number of likely N-dealkylation sites (tertiary alicyclic amines) is 1. The van der Waals surface area contributed by atoms with E-state index < -0.39 is 11.0 Å². The van der Waals surface area contributed by atoms with Gasteiger partial charge < -0.3 is 14.6 Å². The van der Waals surface area contributed by atoms with Crippen LogP contribution in [0.3, 0.4) is 0 Å². The Kier molecular flexibility index (Phi) is 9.83. The fraction of sp³-hybridized carbons (Fsp3) is 0.615. The number of esters is 1. The summed E-state index contributed by atoms with van der Waals surface area (Å²) in [6, 6.07) is 4.18. The Morgan fingerprint density at radius 3 is 2.59 bits per heavy atom. The molecule has 1 unspecified atom stereocenters. The number of aliphatic hydroxyl groups is 1. The minimum absolute atomic E-state index is 0.110. The molecule has 1 aromatic rings. The molecule has 238 valence electrons. The van der Waals surface area contributed by atoms with Crippen LogP contribution in [0.4, 0.5) is 0 Å². The molecule has 44 heavy (non-hydrogen) atoms. The molecule has 1 N–H and O–H groups in total. The summed E-state index contributed by atoms with van der Waals surface area (Å²) in [5.41, 5.74) is 2.08. The maximum Gasteiger partial charge on any atom is 0.311 e. The molecule has 1 spiro atoms. The van der Waals surface area contributed by atoms with E-state index in [1.807, 2.05) is 6.07 Å². The molecule has 5 nitrogen and oxygen atoms in total. The molecular weight excluding hydrogens is 546 g/mol. The molecule has 0 aromatic heterocycles. The van der Waals surface area contributed by atoms with E-state index in [1.54, 1.807) is 0 Å². The molecule has 3 fully saturated rings. The highest BCUT2D eigenvalue weighted by atomic mass is 16.6. The second-order valence-electron chi connectivity index (χ2n) is 14.0. The lowest BCUT2D eigenvalue weighted by Gasteiger charge is -2.63. The summed E-state index contributed by atoms with van der Waals surface area (Å²) >= 11 is 0. The highest BCUT2D eigenvalue weighted by molar-refractivity contribution is 5.75. The van der Waals surface area contributed by atoms with Crippen LogP contribution < -0.4 is 9.47 Å². The fourth-order valence-corrected chi connectivity index (χ4v) is 8.52. The Hall–Kier alpha value is -2.63. The van der Waals surface area contributed by atoms with Crippen LogP contribution in [0.15, 0.2) is 60.7 Å². The molecule has 4 atom stereocenters. The van der Waals surface area contributed by atoms with Crippen molar-refractivity contribution in [2.24, 2.45) is 5.92 Å². The summed E-state index contributed by atoms with van der Waals surface area (Å²) in [5.74, 6) is 1.80. The second kappa shape index (κ2) is 13.8. The normalized spacial score (nSPS) is 29.1. The molecule has 1 aromatic carbocycles. The summed E-state index contributed by atoms with van der Waals surface area (Å²) in [6.45, 7) is 8.64. The van der Waals surface area contributed by atoms with Gasteiger partial charge in [-0.05, 0) is 107 Å². The van der Waals surface area contributed by atoms with Crippen LogP contribution in [0.25, 0.3) is 0 Å². The monoisotopic (exact) mass is 599 g/mol. The number of unbranched alkanes of at least 4 members (excludes halogenated alkanes) is 5. The Morgan fingerprint density at radius 2 is 1.80 bits per heavy atom. The predicted octanol–water partition coefficient (Wildman–Crippen LogP) is 8.30. The van der Waals surface area contributed by atoms with Crippen molar-refractivity contribution in [1.82, 2.24) is 4.90 Å². The molecular formula is C39H53NO4. The SMILES string of the molecule is C=C1CC[C@@]2(O)C3Cc4ccc(OC(=O)CCCCCCCC=CC/C=C\C/C=C\CC)c5c4[C@@]2(CCN3CC2CC2)[C@H]1O5. The zero-order valence-corrected chi connectivity index (χ0v) is 26.9. The molecule has 0 amide bonds. The number of carbonyl (C=O) groups excluding carboxylic acids is 1. The standard InChI is InChI=1S/C39H53NO4/c1-3-4-5-6-7-8-9-10-11-12-13-14-15-16-17-18-34(41)43-32-22-21-31-27-33-39(42)24-23-29(2)37-38(39,35(31)36(32)44-37)25-26-40(33)28-30-19-20-30/h4-5,7-8,10-11,21-22,30,33,37,42H,2-3,6,9,12-20,23-28H2,1H3/b5-4-,8-7-,11-10?/t33?,37-,38-,39+/m0/s1. The summed E-state index contributed by atoms with van der Waals surface area (Å²) in [7, 11) is 0. The van der Waals surface area contributed by atoms with Gasteiger partial charge in [-0.15, -0.1) is 0 Å². The Morgan fingerprint density at radius 1 is 1.05 bits per heavy atom. The average Bonchev–Trinajstić information content (AvgIpc) is 3.76. The van der Waals surface area contributed by atoms with Gasteiger partial charge in [0, 0.05) is 24.6 Å². The molecule has 0 radical (unpaired) electrons. The zero-order chi connectivity index (χ0) is 30.6. The van der Waals surface area contributed by atoms with Gasteiger partial charge in [0.05, 0.1) is 11.0 Å². The number of allylic oxidation sites excluding steroid dienone is 6. The van der Waals surface area contributed by atoms with Crippen molar-refractivity contribution in [2.45, 2.75) is 133 Å². The third-order valence-corrected chi connectivity index (χ3v) is 11.0. The van der Waals surface area contributed by atoms with Gasteiger partial charge in [0.2, 0.25) is 0 Å². The van der Waals surface area contributed by atoms with Crippen molar-refractivity contribution in [3.05, 3.63) is 71.9 Å². The number of rotatable bonds is 16. The van der Waals surface area contributed by atoms with Crippen molar-refractivity contribution in [3.8, 4) is 11.5 Å². The van der Waals surface area contributed by atoms with Gasteiger partial charge in [0.1, 0.15) is 6.10 Å². The van der Waals surface area contributed by atoms with Crippen molar-refractivity contribution >= 4 is 5.97 Å². The molecule has 3 aliphatic carbocycles. The highest BCUT2D eigenvalue weighted by Gasteiger charge is 2.72. The van der Waals surface area contributed by atoms with E-state index in [-0.39, 0.29) is 18.1 Å². The number of piperidine rings is 1. The minimum Gasteiger partial charge on any atom is -0.481 e. The first-order valence-electron chi connectivity index (χ1n) is 17.6. The molecule has 1 saturated heterocycles. The lowest BCUT2D eigenvalue weighted by molar-refractivity contribution is -0.174. The minimum atomic E-state index is -0.842. The lowest BCUT2D eigenvalue weighted by atomic mass is 9.48. The Labute approximate surface area is 265 Å². The number of carbonyl (C=O) groups is 1. The van der Waals surface area contributed by atoms with Crippen LogP contribution in [0.1, 0.15) is 114 Å². The van der Waals surface area contributed by atoms with Crippen molar-refractivity contribution in [3.63, 3.8) is 0 Å². The first-order valence-corrected chi connectivity index (χ1v) is 17.6. The van der Waals surface area contributed by atoms with Crippen LogP contribution in [-0.2, 0) is 16.6 Å². The molecule has 2 heterocycles. The summed E-state index contributed by atoms with van der Waals surface area (Å²) in [5, 5.41) is 12.5. The van der Waals surface area contributed by atoms with Crippen molar-refractivity contribution in [1.29, 1.82) is 0 Å². The van der Waals surface area contributed by atoms with E-state index in [2.05, 4.69) is 60.9 Å². The summed E-state index contributed by atoms with van der Waals surface area (Å²) in [6.07, 6.45) is 29.1. The van der Waals surface area contributed by atoms with Gasteiger partial charge in [0.15, 0.2) is 11.5 Å². The van der Waals surface area contributed by atoms with E-state index >= 15 is 0 Å². The van der Waals surface area contributed by atoms with E-state index in [0.717, 1.165) is 101 Å². The maximum absolute atomic E-state index is 12.9. The molecule has 2 aliphatic heterocycles. The summed E-state index contributed by atoms with van der Waals surface area (Å²) < 4.78 is 12.7. The topological polar surface area (TPSA) is 59.0 Å². The van der Waals surface area contributed by atoms with Gasteiger partial charge in [-0.25, -0.2) is 0 Å². The number of ether oxygens (including phenoxy) is 2. The van der Waals surface area contributed by atoms with E-state index in [4.69, 9.17) is 9.47 Å². The van der Waals surface area contributed by atoms with Gasteiger partial charge >= 0.3 is 5.97 Å². The Bertz CT molecular complexity index is 1290. The van der Waals surface area contributed by atoms with E-state index in [1.165, 1.54) is 31.2 Å². The third-order valence-electron chi connectivity index (χ3n) is 11.0. The number of nitrogens with zero attached hydrogens (tertiary/aromatic N) is 1. The van der Waals surface area contributed by atoms with Gasteiger partial charge in [0.25, 0.3) is 0 Å². The molecule has 5 heteroatoms.